The summed E-state index contributed by atoms with van der Waals surface area (Å²) in [5.74, 6) is 0.469. The molecule has 1 fully saturated rings. The topological polar surface area (TPSA) is 80.3 Å². The number of imide groups is 1. The Morgan fingerprint density at radius 2 is 2.00 bits per heavy atom. The number of rotatable bonds is 6. The van der Waals surface area contributed by atoms with Crippen molar-refractivity contribution in [2.75, 3.05) is 0 Å². The van der Waals surface area contributed by atoms with Crippen LogP contribution in [-0.4, -0.2) is 16.9 Å². The van der Waals surface area contributed by atoms with Crippen LogP contribution >= 0.6 is 23.1 Å². The van der Waals surface area contributed by atoms with Crippen LogP contribution in [0.3, 0.4) is 0 Å². The zero-order valence-electron chi connectivity index (χ0n) is 15.0. The Kier molecular flexibility index (Phi) is 5.31. The molecule has 6 nitrogen and oxygen atoms in total. The minimum Gasteiger partial charge on any atom is -0.489 e. The second-order valence-electron chi connectivity index (χ2n) is 6.21. The van der Waals surface area contributed by atoms with Crippen LogP contribution in [0.5, 0.6) is 5.75 Å². The Morgan fingerprint density at radius 1 is 1.18 bits per heavy atom. The summed E-state index contributed by atoms with van der Waals surface area (Å²) in [6.45, 7) is 2.44. The Bertz CT molecular complexity index is 1020. The summed E-state index contributed by atoms with van der Waals surface area (Å²) in [6.07, 6.45) is 1.78. The van der Waals surface area contributed by atoms with Crippen molar-refractivity contribution in [2.45, 2.75) is 29.4 Å². The first-order valence-electron chi connectivity index (χ1n) is 8.59. The summed E-state index contributed by atoms with van der Waals surface area (Å²) >= 11 is 3.01. The lowest BCUT2D eigenvalue weighted by atomic mass is 10.2. The lowest BCUT2D eigenvalue weighted by Crippen LogP contribution is -2.22. The van der Waals surface area contributed by atoms with E-state index in [2.05, 4.69) is 15.6 Å². The maximum Gasteiger partial charge on any atom is 0.322 e. The molecule has 0 spiro atoms. The smallest absolute Gasteiger partial charge is 0.322 e. The normalized spacial score (nSPS) is 16.0. The van der Waals surface area contributed by atoms with Crippen LogP contribution in [0.2, 0.25) is 0 Å². The number of hydrogen-bond donors (Lipinski definition) is 2. The van der Waals surface area contributed by atoms with Crippen molar-refractivity contribution < 1.29 is 14.3 Å². The van der Waals surface area contributed by atoms with Gasteiger partial charge in [0.2, 0.25) is 0 Å². The fraction of sp³-hybridized carbons (Fsp3) is 0.150. The molecule has 2 N–H and O–H groups in total. The van der Waals surface area contributed by atoms with Crippen molar-refractivity contribution in [1.29, 1.82) is 0 Å². The number of ether oxygens (including phenoxy) is 1. The molecule has 2 aromatic heterocycles. The van der Waals surface area contributed by atoms with E-state index in [4.69, 9.17) is 4.74 Å². The molecular formula is C20H17N3O3S2. The van der Waals surface area contributed by atoms with Gasteiger partial charge in [0.1, 0.15) is 18.4 Å². The molecule has 1 saturated heterocycles. The third-order valence-electron chi connectivity index (χ3n) is 4.11. The standard InChI is InChI=1S/C20H17N3O3S2/c1-12-10-13(6-8-21-12)11-26-14-2-4-15(5-3-14)28-16-7-9-27-18(16)17-19(24)23-20(25)22-17/h2-10,17H,11H2,1H3,(H2,22,23,24,25). The number of pyridine rings is 1. The zero-order valence-corrected chi connectivity index (χ0v) is 16.6. The molecule has 4 rings (SSSR count). The zero-order chi connectivity index (χ0) is 19.5. The van der Waals surface area contributed by atoms with Gasteiger partial charge in [0.05, 0.1) is 4.88 Å². The van der Waals surface area contributed by atoms with Crippen molar-refractivity contribution in [1.82, 2.24) is 15.6 Å². The van der Waals surface area contributed by atoms with E-state index in [-0.39, 0.29) is 5.91 Å². The fourth-order valence-corrected chi connectivity index (χ4v) is 4.87. The average molecular weight is 412 g/mol. The van der Waals surface area contributed by atoms with Gasteiger partial charge in [0, 0.05) is 21.7 Å². The van der Waals surface area contributed by atoms with Gasteiger partial charge in [0.25, 0.3) is 5.91 Å². The second kappa shape index (κ2) is 8.04. The highest BCUT2D eigenvalue weighted by atomic mass is 32.2. The summed E-state index contributed by atoms with van der Waals surface area (Å²) in [5.41, 5.74) is 2.04. The van der Waals surface area contributed by atoms with Crippen molar-refractivity contribution in [2.24, 2.45) is 0 Å². The summed E-state index contributed by atoms with van der Waals surface area (Å²) in [7, 11) is 0. The highest BCUT2D eigenvalue weighted by molar-refractivity contribution is 7.99. The molecule has 0 bridgehead atoms. The minimum atomic E-state index is -0.624. The number of aromatic nitrogens is 1. The van der Waals surface area contributed by atoms with Crippen LogP contribution in [0.15, 0.2) is 63.8 Å². The summed E-state index contributed by atoms with van der Waals surface area (Å²) in [5, 5.41) is 6.84. The first-order valence-corrected chi connectivity index (χ1v) is 10.3. The molecule has 3 amide bonds. The molecule has 0 aliphatic carbocycles. The van der Waals surface area contributed by atoms with Crippen molar-refractivity contribution in [3.8, 4) is 5.75 Å². The first-order chi connectivity index (χ1) is 13.6. The highest BCUT2D eigenvalue weighted by Gasteiger charge is 2.33. The van der Waals surface area contributed by atoms with Gasteiger partial charge in [-0.05, 0) is 60.3 Å². The monoisotopic (exact) mass is 411 g/mol. The molecule has 1 aromatic carbocycles. The van der Waals surface area contributed by atoms with Crippen molar-refractivity contribution in [3.63, 3.8) is 0 Å². The van der Waals surface area contributed by atoms with E-state index in [1.165, 1.54) is 11.3 Å². The minimum absolute atomic E-state index is 0.315. The van der Waals surface area contributed by atoms with Gasteiger partial charge in [0.15, 0.2) is 0 Å². The van der Waals surface area contributed by atoms with Gasteiger partial charge in [-0.15, -0.1) is 11.3 Å². The van der Waals surface area contributed by atoms with Gasteiger partial charge in [-0.2, -0.15) is 0 Å². The maximum absolute atomic E-state index is 11.9. The summed E-state index contributed by atoms with van der Waals surface area (Å²) in [6, 6.07) is 12.6. The van der Waals surface area contributed by atoms with Crippen LogP contribution in [-0.2, 0) is 11.4 Å². The Balaban J connectivity index is 1.41. The Morgan fingerprint density at radius 3 is 2.71 bits per heavy atom. The van der Waals surface area contributed by atoms with Crippen molar-refractivity contribution >= 4 is 35.0 Å². The van der Waals surface area contributed by atoms with E-state index in [1.54, 1.807) is 18.0 Å². The molecule has 1 aliphatic rings. The quantitative estimate of drug-likeness (QED) is 0.598. The molecule has 8 heteroatoms. The fourth-order valence-electron chi connectivity index (χ4n) is 2.80. The number of aryl methyl sites for hydroxylation is 1. The predicted octanol–water partition coefficient (Wildman–Crippen LogP) is 4.06. The SMILES string of the molecule is Cc1cc(COc2ccc(Sc3ccsc3C3NC(=O)NC3=O)cc2)ccn1. The van der Waals surface area contributed by atoms with E-state index in [1.807, 2.05) is 54.8 Å². The predicted molar refractivity (Wildman–Crippen MR) is 108 cm³/mol. The number of urea groups is 1. The number of hydrogen-bond acceptors (Lipinski definition) is 6. The molecule has 1 atom stereocenters. The van der Waals surface area contributed by atoms with Gasteiger partial charge in [-0.25, -0.2) is 4.79 Å². The second-order valence-corrected chi connectivity index (χ2v) is 8.28. The lowest BCUT2D eigenvalue weighted by Gasteiger charge is -2.10. The van der Waals surface area contributed by atoms with E-state index < -0.39 is 12.1 Å². The summed E-state index contributed by atoms with van der Waals surface area (Å²) < 4.78 is 5.83. The molecule has 28 heavy (non-hydrogen) atoms. The molecule has 3 heterocycles. The largest absolute Gasteiger partial charge is 0.489 e. The van der Waals surface area contributed by atoms with Crippen LogP contribution < -0.4 is 15.4 Å². The van der Waals surface area contributed by atoms with Gasteiger partial charge < -0.3 is 10.1 Å². The lowest BCUT2D eigenvalue weighted by molar-refractivity contribution is -0.120. The van der Waals surface area contributed by atoms with Gasteiger partial charge >= 0.3 is 6.03 Å². The molecule has 0 radical (unpaired) electrons. The van der Waals surface area contributed by atoms with E-state index in [9.17, 15) is 9.59 Å². The number of benzene rings is 1. The number of amides is 3. The van der Waals surface area contributed by atoms with Crippen LogP contribution in [0.4, 0.5) is 4.79 Å². The first kappa shape index (κ1) is 18.5. The van der Waals surface area contributed by atoms with Gasteiger partial charge in [-0.3, -0.25) is 15.1 Å². The van der Waals surface area contributed by atoms with E-state index in [0.29, 0.717) is 6.61 Å². The number of carbonyl (C=O) groups is 2. The molecule has 3 aromatic rings. The maximum atomic E-state index is 11.9. The third kappa shape index (κ3) is 4.18. The van der Waals surface area contributed by atoms with Crippen molar-refractivity contribution in [3.05, 3.63) is 70.2 Å². The Labute approximate surface area is 170 Å². The van der Waals surface area contributed by atoms with Gasteiger partial charge in [-0.1, -0.05) is 11.8 Å². The molecular weight excluding hydrogens is 394 g/mol. The Hall–Kier alpha value is -2.84. The third-order valence-corrected chi connectivity index (χ3v) is 6.31. The number of nitrogens with one attached hydrogen (secondary N) is 2. The van der Waals surface area contributed by atoms with E-state index >= 15 is 0 Å². The van der Waals surface area contributed by atoms with E-state index in [0.717, 1.165) is 31.7 Å². The number of thiophene rings is 1. The molecule has 0 saturated carbocycles. The van der Waals surface area contributed by atoms with Crippen LogP contribution in [0.25, 0.3) is 0 Å². The van der Waals surface area contributed by atoms with Crippen LogP contribution in [0.1, 0.15) is 22.2 Å². The number of carbonyl (C=O) groups excluding carboxylic acids is 2. The molecule has 142 valence electrons. The highest BCUT2D eigenvalue weighted by Crippen LogP contribution is 2.38. The number of nitrogens with zero attached hydrogens (tertiary/aromatic N) is 1. The summed E-state index contributed by atoms with van der Waals surface area (Å²) in [4.78, 5) is 30.3. The van der Waals surface area contributed by atoms with Crippen LogP contribution in [0, 0.1) is 6.92 Å². The molecule has 1 aliphatic heterocycles. The molecule has 1 unspecified atom stereocenters. The average Bonchev–Trinajstić information content (AvgIpc) is 3.26.